The third-order valence-electron chi connectivity index (χ3n) is 3.30. The molecule has 0 amide bonds. The van der Waals surface area contributed by atoms with E-state index in [1.165, 1.54) is 25.7 Å². The summed E-state index contributed by atoms with van der Waals surface area (Å²) in [6.07, 6.45) is 5.26. The Labute approximate surface area is 100 Å². The highest BCUT2D eigenvalue weighted by Crippen LogP contribution is 2.31. The van der Waals surface area contributed by atoms with Gasteiger partial charge in [-0.15, -0.1) is 11.3 Å². The van der Waals surface area contributed by atoms with E-state index in [-0.39, 0.29) is 0 Å². The molecule has 1 fully saturated rings. The fourth-order valence-electron chi connectivity index (χ4n) is 2.19. The Morgan fingerprint density at radius 3 is 2.60 bits per heavy atom. The van der Waals surface area contributed by atoms with Gasteiger partial charge in [0.05, 0.1) is 0 Å². The summed E-state index contributed by atoms with van der Waals surface area (Å²) in [7, 11) is 2.13. The number of halogens is 1. The van der Waals surface area contributed by atoms with Crippen LogP contribution in [0.2, 0.25) is 5.15 Å². The van der Waals surface area contributed by atoms with E-state index in [0.717, 1.165) is 11.0 Å². The summed E-state index contributed by atoms with van der Waals surface area (Å²) in [6, 6.07) is 0.656. The number of thiazole rings is 1. The molecule has 1 saturated carbocycles. The van der Waals surface area contributed by atoms with Crippen molar-refractivity contribution < 1.29 is 0 Å². The van der Waals surface area contributed by atoms with Gasteiger partial charge in [0.15, 0.2) is 5.13 Å². The second kappa shape index (κ2) is 4.71. The molecule has 1 aromatic heterocycles. The first-order valence-corrected chi connectivity index (χ1v) is 6.76. The first-order chi connectivity index (χ1) is 7.16. The molecule has 4 heteroatoms. The highest BCUT2D eigenvalue weighted by Gasteiger charge is 2.23. The van der Waals surface area contributed by atoms with Crippen LogP contribution in [0.1, 0.15) is 32.6 Å². The molecule has 0 atom stereocenters. The van der Waals surface area contributed by atoms with E-state index in [1.54, 1.807) is 11.3 Å². The zero-order chi connectivity index (χ0) is 10.8. The van der Waals surface area contributed by atoms with Crippen molar-refractivity contribution in [2.45, 2.75) is 38.6 Å². The molecule has 0 spiro atoms. The molecule has 0 radical (unpaired) electrons. The van der Waals surface area contributed by atoms with Crippen LogP contribution in [0.4, 0.5) is 5.13 Å². The normalized spacial score (nSPS) is 26.6. The SMILES string of the molecule is CC1CCC(N(C)c2nc(Cl)cs2)CC1. The molecule has 2 nitrogen and oxygen atoms in total. The maximum atomic E-state index is 5.84. The third-order valence-corrected chi connectivity index (χ3v) is 4.55. The molecule has 1 heterocycles. The van der Waals surface area contributed by atoms with Crippen molar-refractivity contribution in [3.63, 3.8) is 0 Å². The Hall–Kier alpha value is -0.280. The molecule has 84 valence electrons. The minimum absolute atomic E-state index is 0.617. The van der Waals surface area contributed by atoms with Gasteiger partial charge in [-0.2, -0.15) is 0 Å². The van der Waals surface area contributed by atoms with Crippen molar-refractivity contribution in [3.8, 4) is 0 Å². The van der Waals surface area contributed by atoms with E-state index in [9.17, 15) is 0 Å². The molecule has 1 aliphatic rings. The number of anilines is 1. The van der Waals surface area contributed by atoms with Gasteiger partial charge in [0.2, 0.25) is 0 Å². The van der Waals surface area contributed by atoms with Crippen molar-refractivity contribution in [2.75, 3.05) is 11.9 Å². The van der Waals surface area contributed by atoms with Gasteiger partial charge in [-0.05, 0) is 31.6 Å². The largest absolute Gasteiger partial charge is 0.348 e. The van der Waals surface area contributed by atoms with Crippen molar-refractivity contribution in [2.24, 2.45) is 5.92 Å². The zero-order valence-corrected chi connectivity index (χ0v) is 10.8. The van der Waals surface area contributed by atoms with Crippen LogP contribution in [0.25, 0.3) is 0 Å². The topological polar surface area (TPSA) is 16.1 Å². The van der Waals surface area contributed by atoms with Crippen LogP contribution in [0.3, 0.4) is 0 Å². The fourth-order valence-corrected chi connectivity index (χ4v) is 3.18. The van der Waals surface area contributed by atoms with Crippen LogP contribution in [-0.4, -0.2) is 18.1 Å². The van der Waals surface area contributed by atoms with Crippen LogP contribution in [0.15, 0.2) is 5.38 Å². The molecule has 1 aromatic rings. The standard InChI is InChI=1S/C11H17ClN2S/c1-8-3-5-9(6-4-8)14(2)11-13-10(12)7-15-11/h7-9H,3-6H2,1-2H3. The molecule has 1 aliphatic carbocycles. The Bertz CT molecular complexity index is 318. The van der Waals surface area contributed by atoms with Crippen molar-refractivity contribution >= 4 is 28.1 Å². The molecule has 0 unspecified atom stereocenters. The number of hydrogen-bond donors (Lipinski definition) is 0. The zero-order valence-electron chi connectivity index (χ0n) is 9.24. The molecule has 0 aliphatic heterocycles. The molecule has 0 N–H and O–H groups in total. The highest BCUT2D eigenvalue weighted by molar-refractivity contribution is 7.14. The summed E-state index contributed by atoms with van der Waals surface area (Å²) in [5, 5.41) is 3.57. The highest BCUT2D eigenvalue weighted by atomic mass is 35.5. The molecular weight excluding hydrogens is 228 g/mol. The van der Waals surface area contributed by atoms with Gasteiger partial charge in [-0.3, -0.25) is 0 Å². The van der Waals surface area contributed by atoms with Gasteiger partial charge >= 0.3 is 0 Å². The lowest BCUT2D eigenvalue weighted by Crippen LogP contribution is -2.34. The summed E-state index contributed by atoms with van der Waals surface area (Å²) < 4.78 is 0. The van der Waals surface area contributed by atoms with Crippen LogP contribution >= 0.6 is 22.9 Å². The van der Waals surface area contributed by atoms with Gasteiger partial charge < -0.3 is 4.90 Å². The average molecular weight is 245 g/mol. The second-order valence-corrected chi connectivity index (χ2v) is 5.70. The molecular formula is C11H17ClN2S. The van der Waals surface area contributed by atoms with E-state index in [0.29, 0.717) is 11.2 Å². The molecule has 0 bridgehead atoms. The quantitative estimate of drug-likeness (QED) is 0.787. The van der Waals surface area contributed by atoms with Crippen molar-refractivity contribution in [3.05, 3.63) is 10.5 Å². The lowest BCUT2D eigenvalue weighted by atomic mass is 9.87. The van der Waals surface area contributed by atoms with E-state index in [4.69, 9.17) is 11.6 Å². The second-order valence-electron chi connectivity index (χ2n) is 4.48. The predicted molar refractivity (Wildman–Crippen MR) is 66.9 cm³/mol. The average Bonchev–Trinajstić information content (AvgIpc) is 2.65. The summed E-state index contributed by atoms with van der Waals surface area (Å²) in [6.45, 7) is 2.34. The van der Waals surface area contributed by atoms with E-state index in [2.05, 4.69) is 23.9 Å². The van der Waals surface area contributed by atoms with Crippen molar-refractivity contribution in [1.29, 1.82) is 0 Å². The summed E-state index contributed by atoms with van der Waals surface area (Å²) in [5.41, 5.74) is 0. The maximum Gasteiger partial charge on any atom is 0.186 e. The summed E-state index contributed by atoms with van der Waals surface area (Å²) in [5.74, 6) is 0.898. The first kappa shape index (κ1) is 11.2. The van der Waals surface area contributed by atoms with Gasteiger partial charge in [0.25, 0.3) is 0 Å². The minimum Gasteiger partial charge on any atom is -0.348 e. The van der Waals surface area contributed by atoms with E-state index in [1.807, 2.05) is 5.38 Å². The van der Waals surface area contributed by atoms with Crippen LogP contribution < -0.4 is 4.90 Å². The van der Waals surface area contributed by atoms with Crippen molar-refractivity contribution in [1.82, 2.24) is 4.98 Å². The molecule has 15 heavy (non-hydrogen) atoms. The van der Waals surface area contributed by atoms with E-state index >= 15 is 0 Å². The number of nitrogens with zero attached hydrogens (tertiary/aromatic N) is 2. The minimum atomic E-state index is 0.617. The summed E-state index contributed by atoms with van der Waals surface area (Å²) in [4.78, 5) is 6.61. The van der Waals surface area contributed by atoms with Gasteiger partial charge in [0, 0.05) is 18.5 Å². The lowest BCUT2D eigenvalue weighted by molar-refractivity contribution is 0.340. The Morgan fingerprint density at radius 2 is 2.07 bits per heavy atom. The van der Waals surface area contributed by atoms with E-state index < -0.39 is 0 Å². The van der Waals surface area contributed by atoms with Gasteiger partial charge in [-0.25, -0.2) is 4.98 Å². The molecule has 0 saturated heterocycles. The van der Waals surface area contributed by atoms with Crippen LogP contribution in [0, 0.1) is 5.92 Å². The first-order valence-electron chi connectivity index (χ1n) is 5.50. The Balaban J connectivity index is 1.99. The fraction of sp³-hybridized carbons (Fsp3) is 0.727. The number of rotatable bonds is 2. The molecule has 0 aromatic carbocycles. The summed E-state index contributed by atoms with van der Waals surface area (Å²) >= 11 is 7.47. The maximum absolute atomic E-state index is 5.84. The van der Waals surface area contributed by atoms with Gasteiger partial charge in [0.1, 0.15) is 5.15 Å². The number of hydrogen-bond acceptors (Lipinski definition) is 3. The van der Waals surface area contributed by atoms with Crippen LogP contribution in [0.5, 0.6) is 0 Å². The van der Waals surface area contributed by atoms with Crippen LogP contribution in [-0.2, 0) is 0 Å². The van der Waals surface area contributed by atoms with Gasteiger partial charge in [-0.1, -0.05) is 18.5 Å². The predicted octanol–water partition coefficient (Wildman–Crippen LogP) is 3.81. The monoisotopic (exact) mass is 244 g/mol. The Morgan fingerprint density at radius 1 is 1.40 bits per heavy atom. The Kier molecular flexibility index (Phi) is 3.52. The smallest absolute Gasteiger partial charge is 0.186 e. The number of aromatic nitrogens is 1. The molecule has 2 rings (SSSR count). The third kappa shape index (κ3) is 2.64. The lowest BCUT2D eigenvalue weighted by Gasteiger charge is -2.33.